The van der Waals surface area contributed by atoms with Crippen molar-refractivity contribution in [1.82, 2.24) is 0 Å². The van der Waals surface area contributed by atoms with Gasteiger partial charge in [0.2, 0.25) is 0 Å². The molecule has 0 saturated carbocycles. The van der Waals surface area contributed by atoms with E-state index in [4.69, 9.17) is 11.3 Å². The zero-order valence-corrected chi connectivity index (χ0v) is 12.6. The van der Waals surface area contributed by atoms with E-state index in [0.29, 0.717) is 0 Å². The highest BCUT2D eigenvalue weighted by Gasteiger charge is 2.00. The van der Waals surface area contributed by atoms with Crippen LogP contribution in [0.2, 0.25) is 0 Å². The molecule has 0 aromatic rings. The first-order valence-electron chi connectivity index (χ1n) is 7.93. The highest BCUT2D eigenvalue weighted by molar-refractivity contribution is 4.76. The van der Waals surface area contributed by atoms with Gasteiger partial charge in [0.15, 0.2) is 0 Å². The molecule has 0 aliphatic heterocycles. The molecule has 1 radical (unpaired) electrons. The average molecular weight is 253 g/mol. The summed E-state index contributed by atoms with van der Waals surface area (Å²) in [5.74, 6) is 0. The molecule has 0 N–H and O–H groups in total. The van der Waals surface area contributed by atoms with E-state index in [1.54, 1.807) is 13.2 Å². The largest absolute Gasteiger partial charge is 0.377 e. The lowest BCUT2D eigenvalue weighted by Crippen LogP contribution is -2.05. The molecule has 0 bridgehead atoms. The molecular weight excluding hydrogens is 220 g/mol. The van der Waals surface area contributed by atoms with Crippen molar-refractivity contribution in [2.45, 2.75) is 90.1 Å². The summed E-state index contributed by atoms with van der Waals surface area (Å²) >= 11 is 0. The van der Waals surface area contributed by atoms with E-state index in [0.717, 1.165) is 6.42 Å². The molecule has 0 aliphatic carbocycles. The van der Waals surface area contributed by atoms with Gasteiger partial charge in [-0.25, -0.2) is 0 Å². The van der Waals surface area contributed by atoms with Gasteiger partial charge in [-0.05, 0) is 6.42 Å². The second-order valence-corrected chi connectivity index (χ2v) is 5.29. The fraction of sp³-hybridized carbons (Fsp3) is 0.882. The normalized spacial score (nSPS) is 12.6. The zero-order valence-electron chi connectivity index (χ0n) is 12.6. The van der Waals surface area contributed by atoms with E-state index in [-0.39, 0.29) is 6.10 Å². The van der Waals surface area contributed by atoms with Gasteiger partial charge in [-0.3, -0.25) is 0 Å². The fourth-order valence-corrected chi connectivity index (χ4v) is 2.30. The summed E-state index contributed by atoms with van der Waals surface area (Å²) in [4.78, 5) is 0. The first kappa shape index (κ1) is 17.7. The van der Waals surface area contributed by atoms with Gasteiger partial charge in [-0.15, -0.1) is 0 Å². The number of hydrogen-bond donors (Lipinski definition) is 0. The molecule has 0 fully saturated rings. The molecule has 1 nitrogen and oxygen atoms in total. The minimum absolute atomic E-state index is 0.156. The van der Waals surface area contributed by atoms with Crippen LogP contribution >= 0.6 is 0 Å². The van der Waals surface area contributed by atoms with Gasteiger partial charge >= 0.3 is 0 Å². The topological polar surface area (TPSA) is 9.23 Å². The lowest BCUT2D eigenvalue weighted by atomic mass is 10.0. The third kappa shape index (κ3) is 12.2. The van der Waals surface area contributed by atoms with Gasteiger partial charge in [0.05, 0.1) is 6.10 Å². The van der Waals surface area contributed by atoms with Crippen LogP contribution < -0.4 is 0 Å². The predicted octanol–water partition coefficient (Wildman–Crippen LogP) is 5.69. The van der Waals surface area contributed by atoms with E-state index < -0.39 is 0 Å². The first-order valence-corrected chi connectivity index (χ1v) is 7.93. The van der Waals surface area contributed by atoms with Crippen molar-refractivity contribution >= 4 is 0 Å². The first-order chi connectivity index (χ1) is 8.85. The standard InChI is InChI=1S/C17H33O/c1-4-6-7-8-9-10-11-12-13-14-15-16-17(5-2)18-3/h2,5,17H,4,6-16H2,1,3H3. The number of methoxy groups -OCH3 is 1. The Morgan fingerprint density at radius 2 is 1.28 bits per heavy atom. The summed E-state index contributed by atoms with van der Waals surface area (Å²) in [5, 5.41) is 0. The Bertz CT molecular complexity index is 165. The van der Waals surface area contributed by atoms with Crippen molar-refractivity contribution in [3.05, 3.63) is 12.7 Å². The molecule has 0 amide bonds. The lowest BCUT2D eigenvalue weighted by molar-refractivity contribution is 0.131. The summed E-state index contributed by atoms with van der Waals surface area (Å²) < 4.78 is 5.21. The third-order valence-electron chi connectivity index (χ3n) is 3.61. The van der Waals surface area contributed by atoms with Crippen molar-refractivity contribution in [1.29, 1.82) is 0 Å². The highest BCUT2D eigenvalue weighted by Crippen LogP contribution is 2.13. The van der Waals surface area contributed by atoms with Crippen molar-refractivity contribution in [2.75, 3.05) is 7.11 Å². The maximum atomic E-state index is 5.46. The molecule has 0 aromatic carbocycles. The predicted molar refractivity (Wildman–Crippen MR) is 80.7 cm³/mol. The molecule has 0 saturated heterocycles. The number of rotatable bonds is 14. The molecule has 107 valence electrons. The summed E-state index contributed by atoms with van der Waals surface area (Å²) in [6.07, 6.45) is 18.2. The van der Waals surface area contributed by atoms with Crippen molar-refractivity contribution in [2.24, 2.45) is 0 Å². The maximum Gasteiger partial charge on any atom is 0.0755 e. The molecule has 18 heavy (non-hydrogen) atoms. The summed E-state index contributed by atoms with van der Waals surface area (Å²) in [6.45, 7) is 7.74. The summed E-state index contributed by atoms with van der Waals surface area (Å²) in [7, 11) is 1.73. The van der Waals surface area contributed by atoms with Gasteiger partial charge in [0, 0.05) is 7.11 Å². The molecule has 0 aromatic heterocycles. The zero-order chi connectivity index (χ0) is 13.5. The second kappa shape index (κ2) is 14.8. The Morgan fingerprint density at radius 3 is 1.67 bits per heavy atom. The second-order valence-electron chi connectivity index (χ2n) is 5.29. The number of ether oxygens (including phenoxy) is 1. The highest BCUT2D eigenvalue weighted by atomic mass is 16.5. The Hall–Kier alpha value is -0.300. The molecule has 1 atom stereocenters. The Kier molecular flexibility index (Phi) is 14.5. The minimum atomic E-state index is 0.156. The van der Waals surface area contributed by atoms with Crippen LogP contribution in [-0.2, 0) is 4.74 Å². The van der Waals surface area contributed by atoms with Crippen LogP contribution in [0.5, 0.6) is 0 Å². The van der Waals surface area contributed by atoms with E-state index in [1.807, 2.05) is 0 Å². The van der Waals surface area contributed by atoms with Gasteiger partial charge in [-0.2, -0.15) is 0 Å². The van der Waals surface area contributed by atoms with Gasteiger partial charge in [0.25, 0.3) is 0 Å². The molecular formula is C17H33O. The minimum Gasteiger partial charge on any atom is -0.377 e. The summed E-state index contributed by atoms with van der Waals surface area (Å²) in [5.41, 5.74) is 0. The number of hydrogen-bond acceptors (Lipinski definition) is 1. The van der Waals surface area contributed by atoms with E-state index in [2.05, 4.69) is 6.92 Å². The monoisotopic (exact) mass is 253 g/mol. The van der Waals surface area contributed by atoms with Gasteiger partial charge in [0.1, 0.15) is 0 Å². The maximum absolute atomic E-state index is 5.46. The molecule has 0 spiro atoms. The Morgan fingerprint density at radius 1 is 0.833 bits per heavy atom. The average Bonchev–Trinajstić information content (AvgIpc) is 2.40. The van der Waals surface area contributed by atoms with Crippen molar-refractivity contribution in [3.63, 3.8) is 0 Å². The summed E-state index contributed by atoms with van der Waals surface area (Å²) in [6, 6.07) is 0. The van der Waals surface area contributed by atoms with E-state index in [9.17, 15) is 0 Å². The van der Waals surface area contributed by atoms with Crippen LogP contribution in [0.1, 0.15) is 84.0 Å². The van der Waals surface area contributed by atoms with Crippen molar-refractivity contribution in [3.8, 4) is 0 Å². The van der Waals surface area contributed by atoms with Crippen LogP contribution in [-0.4, -0.2) is 13.2 Å². The SMILES string of the molecule is [CH]=CC(CCCCCCCCCCCCC)OC. The quantitative estimate of drug-likeness (QED) is 0.361. The smallest absolute Gasteiger partial charge is 0.0755 e. The van der Waals surface area contributed by atoms with Crippen LogP contribution in [0.3, 0.4) is 0 Å². The van der Waals surface area contributed by atoms with Crippen LogP contribution in [0.15, 0.2) is 6.08 Å². The molecule has 1 heteroatoms. The molecule has 1 unspecified atom stereocenters. The van der Waals surface area contributed by atoms with Gasteiger partial charge < -0.3 is 4.74 Å². The molecule has 0 aliphatic rings. The lowest BCUT2D eigenvalue weighted by Gasteiger charge is -2.09. The number of unbranched alkanes of at least 4 members (excludes halogenated alkanes) is 10. The van der Waals surface area contributed by atoms with E-state index in [1.165, 1.54) is 70.6 Å². The third-order valence-corrected chi connectivity index (χ3v) is 3.61. The van der Waals surface area contributed by atoms with Crippen LogP contribution in [0, 0.1) is 6.58 Å². The molecule has 0 rings (SSSR count). The Balaban J connectivity index is 3.05. The van der Waals surface area contributed by atoms with Crippen LogP contribution in [0.4, 0.5) is 0 Å². The van der Waals surface area contributed by atoms with Crippen LogP contribution in [0.25, 0.3) is 0 Å². The fourth-order valence-electron chi connectivity index (χ4n) is 2.30. The Labute approximate surface area is 115 Å². The molecule has 0 heterocycles. The van der Waals surface area contributed by atoms with Gasteiger partial charge in [-0.1, -0.05) is 90.2 Å². The van der Waals surface area contributed by atoms with Crippen molar-refractivity contribution < 1.29 is 4.74 Å². The van der Waals surface area contributed by atoms with E-state index >= 15 is 0 Å².